The average molecular weight is 261 g/mol. The molecular formula is C15H19NO3. The van der Waals surface area contributed by atoms with Crippen molar-refractivity contribution in [2.75, 3.05) is 6.54 Å². The van der Waals surface area contributed by atoms with Crippen molar-refractivity contribution in [2.45, 2.75) is 32.3 Å². The summed E-state index contributed by atoms with van der Waals surface area (Å²) in [4.78, 5) is 23.3. The lowest BCUT2D eigenvalue weighted by Gasteiger charge is -2.23. The molecule has 102 valence electrons. The average Bonchev–Trinajstić information content (AvgIpc) is 2.64. The van der Waals surface area contributed by atoms with Crippen LogP contribution in [0.25, 0.3) is 0 Å². The molecule has 1 amide bonds. The quantitative estimate of drug-likeness (QED) is 0.839. The lowest BCUT2D eigenvalue weighted by Crippen LogP contribution is -2.41. The van der Waals surface area contributed by atoms with E-state index < -0.39 is 11.5 Å². The van der Waals surface area contributed by atoms with Gasteiger partial charge < -0.3 is 10.1 Å². The Morgan fingerprint density at radius 1 is 1.37 bits per heavy atom. The molecule has 0 radical (unpaired) electrons. The standard InChI is InChI=1S/C15H19NO3/c1-15(2)12(10-13(17)19-15)14(18)16-9-8-11-6-4-3-5-7-11/h3-7,12H,8-10H2,1-2H3,(H,16,18)/t12-/m1/s1. The fourth-order valence-corrected chi connectivity index (χ4v) is 2.32. The zero-order chi connectivity index (χ0) is 13.9. The molecule has 1 heterocycles. The molecule has 1 fully saturated rings. The van der Waals surface area contributed by atoms with Crippen molar-refractivity contribution in [1.82, 2.24) is 5.32 Å². The van der Waals surface area contributed by atoms with Crippen LogP contribution >= 0.6 is 0 Å². The molecule has 1 N–H and O–H groups in total. The Labute approximate surface area is 113 Å². The second-order valence-electron chi connectivity index (χ2n) is 5.36. The number of rotatable bonds is 4. The summed E-state index contributed by atoms with van der Waals surface area (Å²) in [5.74, 6) is -0.796. The summed E-state index contributed by atoms with van der Waals surface area (Å²) in [7, 11) is 0. The van der Waals surface area contributed by atoms with Crippen molar-refractivity contribution < 1.29 is 14.3 Å². The van der Waals surface area contributed by atoms with Crippen LogP contribution in [0.15, 0.2) is 30.3 Å². The van der Waals surface area contributed by atoms with Crippen molar-refractivity contribution in [3.63, 3.8) is 0 Å². The Bertz CT molecular complexity index is 468. The minimum Gasteiger partial charge on any atom is -0.459 e. The van der Waals surface area contributed by atoms with Gasteiger partial charge in [-0.25, -0.2) is 0 Å². The molecule has 19 heavy (non-hydrogen) atoms. The maximum absolute atomic E-state index is 12.1. The van der Waals surface area contributed by atoms with Crippen molar-refractivity contribution >= 4 is 11.9 Å². The predicted octanol–water partition coefficient (Wildman–Crippen LogP) is 1.69. The summed E-state index contributed by atoms with van der Waals surface area (Å²) < 4.78 is 5.15. The van der Waals surface area contributed by atoms with Gasteiger partial charge in [0.15, 0.2) is 0 Å². The highest BCUT2D eigenvalue weighted by Crippen LogP contribution is 2.32. The molecule has 0 spiro atoms. The molecule has 0 bridgehead atoms. The molecule has 1 aliphatic rings. The highest BCUT2D eigenvalue weighted by atomic mass is 16.6. The molecule has 4 nitrogen and oxygen atoms in total. The number of esters is 1. The van der Waals surface area contributed by atoms with Crippen LogP contribution in [0, 0.1) is 5.92 Å². The van der Waals surface area contributed by atoms with Gasteiger partial charge >= 0.3 is 5.97 Å². The zero-order valence-corrected chi connectivity index (χ0v) is 11.3. The van der Waals surface area contributed by atoms with Gasteiger partial charge in [-0.1, -0.05) is 30.3 Å². The van der Waals surface area contributed by atoms with Crippen molar-refractivity contribution in [1.29, 1.82) is 0 Å². The van der Waals surface area contributed by atoms with Crippen molar-refractivity contribution in [3.8, 4) is 0 Å². The van der Waals surface area contributed by atoms with Crippen molar-refractivity contribution in [3.05, 3.63) is 35.9 Å². The third-order valence-corrected chi connectivity index (χ3v) is 3.46. The molecule has 1 atom stereocenters. The van der Waals surface area contributed by atoms with Crippen LogP contribution in [0.3, 0.4) is 0 Å². The number of nitrogens with one attached hydrogen (secondary N) is 1. The van der Waals surface area contributed by atoms with Crippen LogP contribution in [0.4, 0.5) is 0 Å². The molecule has 4 heteroatoms. The summed E-state index contributed by atoms with van der Waals surface area (Å²) in [6, 6.07) is 9.97. The van der Waals surface area contributed by atoms with Gasteiger partial charge in [0.25, 0.3) is 0 Å². The first-order chi connectivity index (χ1) is 8.99. The molecule has 2 rings (SSSR count). The van der Waals surface area contributed by atoms with Crippen molar-refractivity contribution in [2.24, 2.45) is 5.92 Å². The van der Waals surface area contributed by atoms with E-state index in [0.29, 0.717) is 6.54 Å². The van der Waals surface area contributed by atoms with Gasteiger partial charge in [0.05, 0.1) is 12.3 Å². The number of carbonyl (C=O) groups excluding carboxylic acids is 2. The smallest absolute Gasteiger partial charge is 0.307 e. The predicted molar refractivity (Wildman–Crippen MR) is 71.4 cm³/mol. The van der Waals surface area contributed by atoms with Crippen LogP contribution in [0.1, 0.15) is 25.8 Å². The summed E-state index contributed by atoms with van der Waals surface area (Å²) >= 11 is 0. The minimum atomic E-state index is -0.700. The summed E-state index contributed by atoms with van der Waals surface area (Å²) in [5, 5.41) is 2.88. The first-order valence-corrected chi connectivity index (χ1v) is 6.52. The number of ether oxygens (including phenoxy) is 1. The Kier molecular flexibility index (Phi) is 3.88. The summed E-state index contributed by atoms with van der Waals surface area (Å²) in [6.45, 7) is 4.13. The van der Waals surface area contributed by atoms with Gasteiger partial charge in [0.2, 0.25) is 5.91 Å². The van der Waals surface area contributed by atoms with E-state index in [1.807, 2.05) is 30.3 Å². The van der Waals surface area contributed by atoms with Gasteiger partial charge in [0.1, 0.15) is 5.60 Å². The van der Waals surface area contributed by atoms with E-state index >= 15 is 0 Å². The Morgan fingerprint density at radius 3 is 2.63 bits per heavy atom. The van der Waals surface area contributed by atoms with Crippen LogP contribution in [0.2, 0.25) is 0 Å². The molecule has 1 aliphatic heterocycles. The van der Waals surface area contributed by atoms with Crippen LogP contribution in [0.5, 0.6) is 0 Å². The Morgan fingerprint density at radius 2 is 2.05 bits per heavy atom. The molecule has 1 saturated heterocycles. The number of hydrogen-bond acceptors (Lipinski definition) is 3. The van der Waals surface area contributed by atoms with Gasteiger partial charge in [-0.3, -0.25) is 9.59 Å². The number of carbonyl (C=O) groups is 2. The van der Waals surface area contributed by atoms with E-state index in [1.165, 1.54) is 5.56 Å². The van der Waals surface area contributed by atoms with Gasteiger partial charge in [-0.15, -0.1) is 0 Å². The lowest BCUT2D eigenvalue weighted by atomic mass is 9.90. The Hall–Kier alpha value is -1.84. The van der Waals surface area contributed by atoms with E-state index in [2.05, 4.69) is 5.32 Å². The molecular weight excluding hydrogens is 242 g/mol. The zero-order valence-electron chi connectivity index (χ0n) is 11.3. The fourth-order valence-electron chi connectivity index (χ4n) is 2.32. The molecule has 1 aromatic rings. The van der Waals surface area contributed by atoms with Gasteiger partial charge in [-0.05, 0) is 25.8 Å². The van der Waals surface area contributed by atoms with E-state index in [-0.39, 0.29) is 18.3 Å². The van der Waals surface area contributed by atoms with E-state index in [9.17, 15) is 9.59 Å². The fraction of sp³-hybridized carbons (Fsp3) is 0.467. The van der Waals surface area contributed by atoms with Gasteiger partial charge in [0, 0.05) is 6.54 Å². The highest BCUT2D eigenvalue weighted by Gasteiger charge is 2.45. The normalized spacial score (nSPS) is 20.9. The third-order valence-electron chi connectivity index (χ3n) is 3.46. The molecule has 0 aliphatic carbocycles. The number of amides is 1. The molecule has 1 aromatic carbocycles. The summed E-state index contributed by atoms with van der Waals surface area (Å²) in [5.41, 5.74) is 0.481. The topological polar surface area (TPSA) is 55.4 Å². The summed E-state index contributed by atoms with van der Waals surface area (Å²) in [6.07, 6.45) is 0.957. The molecule has 0 unspecified atom stereocenters. The number of hydrogen-bond donors (Lipinski definition) is 1. The number of benzene rings is 1. The SMILES string of the molecule is CC1(C)OC(=O)C[C@@H]1C(=O)NCCc1ccccc1. The first-order valence-electron chi connectivity index (χ1n) is 6.52. The van der Waals surface area contributed by atoms with E-state index in [1.54, 1.807) is 13.8 Å². The maximum Gasteiger partial charge on any atom is 0.307 e. The maximum atomic E-state index is 12.1. The number of cyclic esters (lactones) is 1. The Balaban J connectivity index is 1.83. The second kappa shape index (κ2) is 5.43. The molecule has 0 aromatic heterocycles. The monoisotopic (exact) mass is 261 g/mol. The van der Waals surface area contributed by atoms with Crippen LogP contribution < -0.4 is 5.32 Å². The van der Waals surface area contributed by atoms with E-state index in [4.69, 9.17) is 4.74 Å². The van der Waals surface area contributed by atoms with Crippen LogP contribution in [-0.4, -0.2) is 24.0 Å². The van der Waals surface area contributed by atoms with Crippen LogP contribution in [-0.2, 0) is 20.7 Å². The molecule has 0 saturated carbocycles. The first kappa shape index (κ1) is 13.6. The highest BCUT2D eigenvalue weighted by molar-refractivity contribution is 5.87. The third kappa shape index (κ3) is 3.34. The van der Waals surface area contributed by atoms with E-state index in [0.717, 1.165) is 6.42 Å². The van der Waals surface area contributed by atoms with Gasteiger partial charge in [-0.2, -0.15) is 0 Å². The second-order valence-corrected chi connectivity index (χ2v) is 5.36. The largest absolute Gasteiger partial charge is 0.459 e. The minimum absolute atomic E-state index is 0.105. The lowest BCUT2D eigenvalue weighted by molar-refractivity contribution is -0.147.